The topological polar surface area (TPSA) is 91.4 Å². The van der Waals surface area contributed by atoms with Gasteiger partial charge >= 0.3 is 0 Å². The molecule has 0 aliphatic carbocycles. The lowest BCUT2D eigenvalue weighted by Crippen LogP contribution is -2.29. The fourth-order valence-corrected chi connectivity index (χ4v) is 3.60. The number of carbonyl (C=O) groups is 1. The molecule has 8 nitrogen and oxygen atoms in total. The van der Waals surface area contributed by atoms with Gasteiger partial charge in [0.15, 0.2) is 0 Å². The van der Waals surface area contributed by atoms with Crippen molar-refractivity contribution in [2.45, 2.75) is 19.4 Å². The Morgan fingerprint density at radius 2 is 1.94 bits per heavy atom. The van der Waals surface area contributed by atoms with E-state index in [1.807, 2.05) is 25.2 Å². The molecule has 2 aliphatic rings. The first-order chi connectivity index (χ1) is 16.0. The SMILES string of the molecule is CN1CCC(=O)NCCCOc2ccc(Cl)cc2Nc2ccnc(n2)Nc2ccc(cc2)C1. The molecule has 172 valence electrons. The molecule has 33 heavy (non-hydrogen) atoms. The van der Waals surface area contributed by atoms with Gasteiger partial charge < -0.3 is 25.6 Å². The summed E-state index contributed by atoms with van der Waals surface area (Å²) >= 11 is 6.21. The third kappa shape index (κ3) is 6.81. The number of halogens is 1. The summed E-state index contributed by atoms with van der Waals surface area (Å²) in [6.45, 7) is 2.46. The minimum Gasteiger partial charge on any atom is -0.491 e. The van der Waals surface area contributed by atoms with Crippen LogP contribution in [0.2, 0.25) is 5.02 Å². The summed E-state index contributed by atoms with van der Waals surface area (Å²) in [4.78, 5) is 23.2. The molecule has 0 saturated heterocycles. The van der Waals surface area contributed by atoms with Crippen molar-refractivity contribution in [2.24, 2.45) is 0 Å². The van der Waals surface area contributed by atoms with E-state index in [4.69, 9.17) is 16.3 Å². The number of anilines is 4. The summed E-state index contributed by atoms with van der Waals surface area (Å²) < 4.78 is 5.94. The van der Waals surface area contributed by atoms with Crippen LogP contribution in [0, 0.1) is 0 Å². The molecule has 2 aliphatic heterocycles. The number of amides is 1. The summed E-state index contributed by atoms with van der Waals surface area (Å²) in [6, 6.07) is 15.3. The van der Waals surface area contributed by atoms with Crippen LogP contribution in [0.4, 0.5) is 23.1 Å². The fraction of sp³-hybridized carbons (Fsp3) is 0.292. The second-order valence-corrected chi connectivity index (χ2v) is 8.33. The Balaban J connectivity index is 1.57. The average Bonchev–Trinajstić information content (AvgIpc) is 2.80. The third-order valence-corrected chi connectivity index (χ3v) is 5.38. The molecule has 1 aromatic heterocycles. The molecule has 4 bridgehead atoms. The van der Waals surface area contributed by atoms with E-state index < -0.39 is 0 Å². The predicted octanol–water partition coefficient (Wildman–Crippen LogP) is 4.34. The van der Waals surface area contributed by atoms with Crippen LogP contribution < -0.4 is 20.7 Å². The van der Waals surface area contributed by atoms with Gasteiger partial charge in [0.2, 0.25) is 11.9 Å². The predicted molar refractivity (Wildman–Crippen MR) is 131 cm³/mol. The number of fused-ring (bicyclic) bond motifs is 11. The summed E-state index contributed by atoms with van der Waals surface area (Å²) in [5, 5.41) is 10.0. The molecule has 0 radical (unpaired) electrons. The number of carbonyl (C=O) groups excluding carboxylic acids is 1. The zero-order chi connectivity index (χ0) is 23.0. The van der Waals surface area contributed by atoms with Crippen molar-refractivity contribution in [3.8, 4) is 5.75 Å². The van der Waals surface area contributed by atoms with Crippen molar-refractivity contribution in [1.29, 1.82) is 0 Å². The first kappa shape index (κ1) is 22.8. The molecule has 1 amide bonds. The van der Waals surface area contributed by atoms with Crippen molar-refractivity contribution in [1.82, 2.24) is 20.2 Å². The maximum absolute atomic E-state index is 12.2. The highest BCUT2D eigenvalue weighted by atomic mass is 35.5. The zero-order valence-corrected chi connectivity index (χ0v) is 19.2. The van der Waals surface area contributed by atoms with Gasteiger partial charge in [-0.05, 0) is 55.4 Å². The number of nitrogens with zero attached hydrogens (tertiary/aromatic N) is 3. The summed E-state index contributed by atoms with van der Waals surface area (Å²) in [6.07, 6.45) is 2.83. The second-order valence-electron chi connectivity index (χ2n) is 7.89. The number of hydrogen-bond donors (Lipinski definition) is 3. The summed E-state index contributed by atoms with van der Waals surface area (Å²) in [5.41, 5.74) is 2.75. The van der Waals surface area contributed by atoms with E-state index in [0.29, 0.717) is 60.8 Å². The van der Waals surface area contributed by atoms with E-state index in [-0.39, 0.29) is 5.91 Å². The van der Waals surface area contributed by atoms with E-state index in [2.05, 4.69) is 43.0 Å². The molecule has 3 aromatic rings. The maximum Gasteiger partial charge on any atom is 0.229 e. The first-order valence-corrected chi connectivity index (χ1v) is 11.3. The number of rotatable bonds is 0. The average molecular weight is 467 g/mol. The number of nitrogens with one attached hydrogen (secondary N) is 3. The lowest BCUT2D eigenvalue weighted by molar-refractivity contribution is -0.121. The third-order valence-electron chi connectivity index (χ3n) is 5.14. The molecular weight excluding hydrogens is 440 g/mol. The molecular formula is C24H27ClN6O2. The highest BCUT2D eigenvalue weighted by Crippen LogP contribution is 2.30. The van der Waals surface area contributed by atoms with Crippen LogP contribution in [0.3, 0.4) is 0 Å². The molecule has 0 unspecified atom stereocenters. The Labute approximate surface area is 198 Å². The van der Waals surface area contributed by atoms with E-state index in [1.165, 1.54) is 0 Å². The van der Waals surface area contributed by atoms with Crippen LogP contribution in [0.15, 0.2) is 54.7 Å². The maximum atomic E-state index is 12.2. The van der Waals surface area contributed by atoms with E-state index in [9.17, 15) is 4.79 Å². The van der Waals surface area contributed by atoms with Gasteiger partial charge in [-0.2, -0.15) is 4.98 Å². The van der Waals surface area contributed by atoms with Gasteiger partial charge in [0.25, 0.3) is 0 Å². The summed E-state index contributed by atoms with van der Waals surface area (Å²) in [5.74, 6) is 1.78. The summed E-state index contributed by atoms with van der Waals surface area (Å²) in [7, 11) is 2.01. The van der Waals surface area contributed by atoms with Crippen molar-refractivity contribution in [3.05, 3.63) is 65.3 Å². The van der Waals surface area contributed by atoms with Crippen molar-refractivity contribution in [2.75, 3.05) is 37.4 Å². The molecule has 0 atom stereocenters. The van der Waals surface area contributed by atoms with Crippen molar-refractivity contribution in [3.63, 3.8) is 0 Å². The molecule has 0 fully saturated rings. The quantitative estimate of drug-likeness (QED) is 0.454. The van der Waals surface area contributed by atoms with Gasteiger partial charge in [-0.15, -0.1) is 0 Å². The normalized spacial score (nSPS) is 15.8. The highest BCUT2D eigenvalue weighted by Gasteiger charge is 2.09. The van der Waals surface area contributed by atoms with Crippen LogP contribution in [0.1, 0.15) is 18.4 Å². The molecule has 3 heterocycles. The largest absolute Gasteiger partial charge is 0.491 e. The minimum atomic E-state index is 0.0407. The monoisotopic (exact) mass is 466 g/mol. The van der Waals surface area contributed by atoms with Crippen LogP contribution >= 0.6 is 11.6 Å². The van der Waals surface area contributed by atoms with E-state index in [0.717, 1.165) is 17.8 Å². The molecule has 0 spiro atoms. The van der Waals surface area contributed by atoms with Crippen LogP contribution in [0.25, 0.3) is 0 Å². The van der Waals surface area contributed by atoms with Gasteiger partial charge in [-0.25, -0.2) is 4.98 Å². The first-order valence-electron chi connectivity index (χ1n) is 10.9. The Kier molecular flexibility index (Phi) is 7.59. The van der Waals surface area contributed by atoms with Gasteiger partial charge in [-0.3, -0.25) is 4.79 Å². The Bertz CT molecular complexity index is 1090. The standard InChI is InChI=1S/C24H27ClN6O2/c1-31-13-10-23(32)26-11-2-14-33-21-8-5-18(25)15-20(21)29-22-9-12-27-24(30-22)28-19-6-3-17(16-31)4-7-19/h3-9,12,15H,2,10-11,13-14,16H2,1H3,(H,26,32)(H2,27,28,29,30). The van der Waals surface area contributed by atoms with Crippen molar-refractivity contribution >= 4 is 40.6 Å². The van der Waals surface area contributed by atoms with Gasteiger partial charge in [0.1, 0.15) is 11.6 Å². The molecule has 3 N–H and O–H groups in total. The molecule has 0 saturated carbocycles. The van der Waals surface area contributed by atoms with Crippen molar-refractivity contribution < 1.29 is 9.53 Å². The number of hydrogen-bond acceptors (Lipinski definition) is 7. The fourth-order valence-electron chi connectivity index (χ4n) is 3.43. The van der Waals surface area contributed by atoms with Crippen LogP contribution in [0.5, 0.6) is 5.75 Å². The zero-order valence-electron chi connectivity index (χ0n) is 18.5. The van der Waals surface area contributed by atoms with Gasteiger partial charge in [-0.1, -0.05) is 23.7 Å². The molecule has 9 heteroatoms. The lowest BCUT2D eigenvalue weighted by Gasteiger charge is -2.17. The molecule has 5 rings (SSSR count). The van der Waals surface area contributed by atoms with Gasteiger partial charge in [0.05, 0.1) is 12.3 Å². The Morgan fingerprint density at radius 1 is 1.09 bits per heavy atom. The Hall–Kier alpha value is -3.36. The number of ether oxygens (including phenoxy) is 1. The lowest BCUT2D eigenvalue weighted by atomic mass is 10.2. The Morgan fingerprint density at radius 3 is 2.79 bits per heavy atom. The van der Waals surface area contributed by atoms with Crippen LogP contribution in [-0.2, 0) is 11.3 Å². The van der Waals surface area contributed by atoms with E-state index in [1.54, 1.807) is 24.4 Å². The minimum absolute atomic E-state index is 0.0407. The second kappa shape index (κ2) is 11.0. The van der Waals surface area contributed by atoms with E-state index >= 15 is 0 Å². The molecule has 2 aromatic carbocycles. The number of aromatic nitrogens is 2. The van der Waals surface area contributed by atoms with Gasteiger partial charge in [0, 0.05) is 43.0 Å². The highest BCUT2D eigenvalue weighted by molar-refractivity contribution is 6.31. The van der Waals surface area contributed by atoms with Crippen LogP contribution in [-0.4, -0.2) is 47.5 Å². The number of benzene rings is 2. The smallest absolute Gasteiger partial charge is 0.229 e.